The number of nitrogens with zero attached hydrogens (tertiary/aromatic N) is 2. The zero-order chi connectivity index (χ0) is 21.4. The minimum atomic E-state index is -0.888. The number of hydrogen-bond donors (Lipinski definition) is 2. The minimum absolute atomic E-state index is 0.0625. The number of aromatic amines is 1. The molecule has 2 heterocycles. The number of H-pyrrole nitrogens is 1. The van der Waals surface area contributed by atoms with Crippen LogP contribution >= 0.6 is 0 Å². The summed E-state index contributed by atoms with van der Waals surface area (Å²) in [5, 5.41) is 10.6. The Morgan fingerprint density at radius 1 is 1.13 bits per heavy atom. The molecule has 0 aliphatic carbocycles. The molecule has 4 rings (SSSR count). The Kier molecular flexibility index (Phi) is 5.24. The number of fused-ring (bicyclic) bond motifs is 2. The Labute approximate surface area is 174 Å². The van der Waals surface area contributed by atoms with Crippen molar-refractivity contribution in [2.75, 3.05) is 0 Å². The molecule has 2 aromatic carbocycles. The van der Waals surface area contributed by atoms with Crippen LogP contribution in [0.1, 0.15) is 48.9 Å². The summed E-state index contributed by atoms with van der Waals surface area (Å²) >= 11 is 0. The van der Waals surface area contributed by atoms with E-state index in [2.05, 4.69) is 18.0 Å². The topological polar surface area (TPSA) is 80.0 Å². The van der Waals surface area contributed by atoms with Crippen molar-refractivity contribution in [2.24, 2.45) is 0 Å². The largest absolute Gasteiger partial charge is 0.481 e. The molecule has 0 saturated heterocycles. The number of hydrogen-bond acceptors (Lipinski definition) is 2. The van der Waals surface area contributed by atoms with E-state index in [1.54, 1.807) is 9.13 Å². The van der Waals surface area contributed by atoms with E-state index in [9.17, 15) is 14.7 Å². The summed E-state index contributed by atoms with van der Waals surface area (Å²) in [4.78, 5) is 28.4. The number of aromatic nitrogens is 3. The number of benzene rings is 2. The van der Waals surface area contributed by atoms with Crippen molar-refractivity contribution in [1.82, 2.24) is 14.1 Å². The highest BCUT2D eigenvalue weighted by atomic mass is 16.4. The summed E-state index contributed by atoms with van der Waals surface area (Å²) < 4.78 is 3.49. The van der Waals surface area contributed by atoms with Gasteiger partial charge in [-0.3, -0.25) is 13.9 Å². The lowest BCUT2D eigenvalue weighted by Crippen LogP contribution is -2.29. The lowest BCUT2D eigenvalue weighted by atomic mass is 10.1. The fraction of sp³-hybridized carbons (Fsp3) is 0.333. The van der Waals surface area contributed by atoms with Gasteiger partial charge in [-0.05, 0) is 49.1 Å². The van der Waals surface area contributed by atoms with Gasteiger partial charge in [-0.1, -0.05) is 37.6 Å². The van der Waals surface area contributed by atoms with E-state index in [0.29, 0.717) is 13.0 Å². The Morgan fingerprint density at radius 2 is 1.87 bits per heavy atom. The summed E-state index contributed by atoms with van der Waals surface area (Å²) in [6.07, 6.45) is 3.36. The second-order valence-corrected chi connectivity index (χ2v) is 8.03. The fourth-order valence-electron chi connectivity index (χ4n) is 4.62. The molecule has 0 aliphatic rings. The summed E-state index contributed by atoms with van der Waals surface area (Å²) in [7, 11) is 0. The number of aryl methyl sites for hydroxylation is 2. The van der Waals surface area contributed by atoms with Gasteiger partial charge in [-0.2, -0.15) is 0 Å². The molecule has 6 nitrogen and oxygen atoms in total. The second kappa shape index (κ2) is 7.86. The van der Waals surface area contributed by atoms with Crippen molar-refractivity contribution >= 4 is 27.9 Å². The van der Waals surface area contributed by atoms with Gasteiger partial charge in [0.05, 0.1) is 24.0 Å². The molecule has 2 N–H and O–H groups in total. The van der Waals surface area contributed by atoms with Crippen molar-refractivity contribution in [3.8, 4) is 0 Å². The van der Waals surface area contributed by atoms with Gasteiger partial charge < -0.3 is 10.1 Å². The van der Waals surface area contributed by atoms with Crippen LogP contribution in [0.25, 0.3) is 21.9 Å². The quantitative estimate of drug-likeness (QED) is 0.465. The van der Waals surface area contributed by atoms with Crippen molar-refractivity contribution < 1.29 is 9.90 Å². The number of rotatable bonds is 7. The summed E-state index contributed by atoms with van der Waals surface area (Å²) in [6.45, 7) is 6.51. The van der Waals surface area contributed by atoms with E-state index >= 15 is 0 Å². The summed E-state index contributed by atoms with van der Waals surface area (Å²) in [5.41, 5.74) is 5.79. The molecule has 0 fully saturated rings. The Balaban J connectivity index is 1.93. The maximum absolute atomic E-state index is 13.6. The number of imidazole rings is 1. The molecule has 0 aliphatic heterocycles. The van der Waals surface area contributed by atoms with E-state index < -0.39 is 5.97 Å². The van der Waals surface area contributed by atoms with E-state index in [4.69, 9.17) is 0 Å². The van der Waals surface area contributed by atoms with Gasteiger partial charge in [-0.25, -0.2) is 4.79 Å². The van der Waals surface area contributed by atoms with Crippen LogP contribution in [0.4, 0.5) is 0 Å². The van der Waals surface area contributed by atoms with Crippen LogP contribution in [0, 0.1) is 13.8 Å². The van der Waals surface area contributed by atoms with Gasteiger partial charge >= 0.3 is 11.7 Å². The molecule has 1 unspecified atom stereocenters. The third-order valence-electron chi connectivity index (χ3n) is 5.90. The highest BCUT2D eigenvalue weighted by Crippen LogP contribution is 2.28. The molecule has 6 heteroatoms. The van der Waals surface area contributed by atoms with Crippen molar-refractivity contribution in [3.05, 3.63) is 69.8 Å². The molecule has 1 atom stereocenters. The predicted octanol–water partition coefficient (Wildman–Crippen LogP) is 4.77. The van der Waals surface area contributed by atoms with E-state index in [1.807, 2.05) is 50.4 Å². The number of para-hydroxylation sites is 1. The first-order valence-electron chi connectivity index (χ1n) is 10.4. The number of nitrogens with one attached hydrogen (secondary N) is 1. The molecule has 0 bridgehead atoms. The Morgan fingerprint density at radius 3 is 2.60 bits per heavy atom. The van der Waals surface area contributed by atoms with Gasteiger partial charge in [0.15, 0.2) is 0 Å². The van der Waals surface area contributed by atoms with Crippen molar-refractivity contribution in [3.63, 3.8) is 0 Å². The van der Waals surface area contributed by atoms with Gasteiger partial charge in [0.2, 0.25) is 0 Å². The Hall–Kier alpha value is -3.28. The number of aliphatic carboxylic acids is 1. The molecule has 0 amide bonds. The van der Waals surface area contributed by atoms with Crippen LogP contribution in [0.3, 0.4) is 0 Å². The van der Waals surface area contributed by atoms with Crippen LogP contribution in [0.5, 0.6) is 0 Å². The van der Waals surface area contributed by atoms with Crippen LogP contribution in [-0.2, 0) is 11.3 Å². The molecular weight excluding hydrogens is 378 g/mol. The molecule has 0 radical (unpaired) electrons. The average Bonchev–Trinajstić information content (AvgIpc) is 3.22. The van der Waals surface area contributed by atoms with Gasteiger partial charge in [0, 0.05) is 23.1 Å². The normalized spacial score (nSPS) is 12.6. The second-order valence-electron chi connectivity index (χ2n) is 8.03. The molecule has 30 heavy (non-hydrogen) atoms. The lowest BCUT2D eigenvalue weighted by molar-refractivity contribution is -0.137. The average molecular weight is 405 g/mol. The molecule has 156 valence electrons. The molecule has 4 aromatic rings. The molecule has 2 aromatic heterocycles. The first kappa shape index (κ1) is 20.0. The van der Waals surface area contributed by atoms with Gasteiger partial charge in [-0.15, -0.1) is 0 Å². The third kappa shape index (κ3) is 3.32. The van der Waals surface area contributed by atoms with Crippen LogP contribution in [-0.4, -0.2) is 25.2 Å². The van der Waals surface area contributed by atoms with Crippen LogP contribution in [0.2, 0.25) is 0 Å². The van der Waals surface area contributed by atoms with Crippen LogP contribution < -0.4 is 5.69 Å². The minimum Gasteiger partial charge on any atom is -0.481 e. The fourth-order valence-corrected chi connectivity index (χ4v) is 4.62. The Bertz CT molecular complexity index is 1290. The number of carboxylic acid groups (broad SMARTS) is 1. The smallest absolute Gasteiger partial charge is 0.329 e. The van der Waals surface area contributed by atoms with E-state index in [-0.39, 0.29) is 18.2 Å². The van der Waals surface area contributed by atoms with Crippen LogP contribution in [0.15, 0.2) is 47.4 Å². The zero-order valence-electron chi connectivity index (χ0n) is 17.6. The lowest BCUT2D eigenvalue weighted by Gasteiger charge is -2.16. The first-order chi connectivity index (χ1) is 14.4. The molecular formula is C24H27N3O3. The highest BCUT2D eigenvalue weighted by Gasteiger charge is 2.23. The van der Waals surface area contributed by atoms with E-state index in [0.717, 1.165) is 45.0 Å². The SMILES string of the molecule is CCCC(CC(=O)O)n1c(=O)n(Cc2c[nH]c3cccc(C)c23)c2c(C)cccc21. The summed E-state index contributed by atoms with van der Waals surface area (Å²) in [6, 6.07) is 11.6. The van der Waals surface area contributed by atoms with E-state index in [1.165, 1.54) is 0 Å². The predicted molar refractivity (Wildman–Crippen MR) is 119 cm³/mol. The first-order valence-corrected chi connectivity index (χ1v) is 10.4. The number of carboxylic acids is 1. The van der Waals surface area contributed by atoms with Gasteiger partial charge in [0.1, 0.15) is 0 Å². The van der Waals surface area contributed by atoms with Crippen molar-refractivity contribution in [2.45, 2.75) is 52.6 Å². The van der Waals surface area contributed by atoms with Crippen molar-refractivity contribution in [1.29, 1.82) is 0 Å². The monoisotopic (exact) mass is 405 g/mol. The highest BCUT2D eigenvalue weighted by molar-refractivity contribution is 5.87. The van der Waals surface area contributed by atoms with Gasteiger partial charge in [0.25, 0.3) is 0 Å². The molecule has 0 spiro atoms. The maximum atomic E-state index is 13.6. The summed E-state index contributed by atoms with van der Waals surface area (Å²) in [5.74, 6) is -0.888. The maximum Gasteiger partial charge on any atom is 0.329 e. The molecule has 0 saturated carbocycles. The zero-order valence-corrected chi connectivity index (χ0v) is 17.6. The standard InChI is InChI=1S/C24H27N3O3/c1-4-7-18(12-21(28)29)27-20-11-6-9-16(3)23(20)26(24(27)30)14-17-13-25-19-10-5-8-15(2)22(17)19/h5-6,8-11,13,18,25H,4,7,12,14H2,1-3H3,(H,28,29). The third-order valence-corrected chi connectivity index (χ3v) is 5.90. The number of carbonyl (C=O) groups is 1.